The lowest BCUT2D eigenvalue weighted by atomic mass is 10.3. The van der Waals surface area contributed by atoms with E-state index in [9.17, 15) is 4.79 Å². The lowest BCUT2D eigenvalue weighted by Crippen LogP contribution is -2.28. The smallest absolute Gasteiger partial charge is 0.331 e. The summed E-state index contributed by atoms with van der Waals surface area (Å²) in [4.78, 5) is 15.2. The number of carbonyl (C=O) groups excluding carboxylic acids is 1. The molecule has 0 spiro atoms. The van der Waals surface area contributed by atoms with Crippen molar-refractivity contribution in [3.05, 3.63) is 24.3 Å². The van der Waals surface area contributed by atoms with E-state index in [0.29, 0.717) is 5.16 Å². The van der Waals surface area contributed by atoms with E-state index in [1.165, 1.54) is 11.8 Å². The topological polar surface area (TPSA) is 72.9 Å². The van der Waals surface area contributed by atoms with Gasteiger partial charge in [0.05, 0.1) is 11.0 Å². The van der Waals surface area contributed by atoms with Crippen molar-refractivity contribution in [3.8, 4) is 0 Å². The number of fused-ring (bicyclic) bond motifs is 1. The third-order valence-electron chi connectivity index (χ3n) is 1.93. The molecule has 0 unspecified atom stereocenters. The predicted octanol–water partition coefficient (Wildman–Crippen LogP) is 1.38. The molecular weight excluding hydrogens is 212 g/mol. The maximum absolute atomic E-state index is 10.8. The van der Waals surface area contributed by atoms with Crippen molar-refractivity contribution in [1.82, 2.24) is 9.66 Å². The number of imidazole rings is 1. The summed E-state index contributed by atoms with van der Waals surface area (Å²) < 4.78 is 1.59. The normalized spacial score (nSPS) is 10.5. The number of hydrogen-bond donors (Lipinski definition) is 2. The molecule has 2 rings (SSSR count). The third kappa shape index (κ3) is 1.75. The van der Waals surface area contributed by atoms with Crippen molar-refractivity contribution < 1.29 is 4.79 Å². The molecule has 2 amide bonds. The van der Waals surface area contributed by atoms with Crippen LogP contribution in [0.2, 0.25) is 0 Å². The average Bonchev–Trinajstić information content (AvgIpc) is 2.56. The van der Waals surface area contributed by atoms with Gasteiger partial charge in [-0.25, -0.2) is 19.9 Å². The molecule has 0 aliphatic rings. The van der Waals surface area contributed by atoms with E-state index >= 15 is 0 Å². The first kappa shape index (κ1) is 9.85. The number of para-hydroxylation sites is 2. The Bertz CT molecular complexity index is 508. The maximum Gasteiger partial charge on any atom is 0.331 e. The largest absolute Gasteiger partial charge is 0.350 e. The molecule has 15 heavy (non-hydrogen) atoms. The van der Waals surface area contributed by atoms with Crippen LogP contribution >= 0.6 is 11.8 Å². The van der Waals surface area contributed by atoms with E-state index < -0.39 is 6.03 Å². The molecule has 6 heteroatoms. The molecule has 78 valence electrons. The highest BCUT2D eigenvalue weighted by Gasteiger charge is 2.09. The fourth-order valence-corrected chi connectivity index (χ4v) is 1.88. The standard InChI is InChI=1S/C9H10N4OS/c1-15-9-11-6-4-2-3-5-7(6)13(9)12-8(10)14/h2-5H,1H3,(H3,10,12,14). The number of nitrogens with two attached hydrogens (primary N) is 1. The Kier molecular flexibility index (Phi) is 2.51. The van der Waals surface area contributed by atoms with E-state index in [0.717, 1.165) is 11.0 Å². The molecule has 1 aromatic carbocycles. The van der Waals surface area contributed by atoms with E-state index in [1.54, 1.807) is 4.68 Å². The van der Waals surface area contributed by atoms with Crippen LogP contribution in [0.25, 0.3) is 11.0 Å². The molecule has 1 aromatic heterocycles. The van der Waals surface area contributed by atoms with E-state index in [1.807, 2.05) is 30.5 Å². The molecule has 2 aromatic rings. The average molecular weight is 222 g/mol. The monoisotopic (exact) mass is 222 g/mol. The summed E-state index contributed by atoms with van der Waals surface area (Å²) in [6.45, 7) is 0. The number of amides is 2. The number of nitrogens with zero attached hydrogens (tertiary/aromatic N) is 2. The van der Waals surface area contributed by atoms with Crippen LogP contribution in [0.5, 0.6) is 0 Å². The Hall–Kier alpha value is -1.69. The van der Waals surface area contributed by atoms with Gasteiger partial charge < -0.3 is 5.73 Å². The summed E-state index contributed by atoms with van der Waals surface area (Å²) in [5, 5.41) is 0.704. The summed E-state index contributed by atoms with van der Waals surface area (Å²) >= 11 is 1.44. The van der Waals surface area contributed by atoms with Gasteiger partial charge in [-0.05, 0) is 18.4 Å². The number of nitrogens with one attached hydrogen (secondary N) is 1. The number of aromatic nitrogens is 2. The van der Waals surface area contributed by atoms with Crippen molar-refractivity contribution in [2.75, 3.05) is 11.7 Å². The zero-order valence-corrected chi connectivity index (χ0v) is 8.91. The number of thioether (sulfide) groups is 1. The molecule has 3 N–H and O–H groups in total. The van der Waals surface area contributed by atoms with Crippen molar-refractivity contribution in [2.45, 2.75) is 5.16 Å². The van der Waals surface area contributed by atoms with Gasteiger partial charge in [0.1, 0.15) is 0 Å². The molecule has 5 nitrogen and oxygen atoms in total. The highest BCUT2D eigenvalue weighted by Crippen LogP contribution is 2.20. The molecule has 0 atom stereocenters. The van der Waals surface area contributed by atoms with Gasteiger partial charge in [0, 0.05) is 0 Å². The van der Waals surface area contributed by atoms with Crippen LogP contribution in [0.3, 0.4) is 0 Å². The zero-order chi connectivity index (χ0) is 10.8. The summed E-state index contributed by atoms with van der Waals surface area (Å²) in [6, 6.07) is 6.93. The molecule has 0 aliphatic carbocycles. The Morgan fingerprint density at radius 1 is 1.53 bits per heavy atom. The molecule has 0 saturated heterocycles. The second kappa shape index (κ2) is 3.82. The van der Waals surface area contributed by atoms with Crippen LogP contribution in [0.1, 0.15) is 0 Å². The number of rotatable bonds is 2. The van der Waals surface area contributed by atoms with Crippen LogP contribution in [-0.4, -0.2) is 21.9 Å². The summed E-state index contributed by atoms with van der Waals surface area (Å²) in [5.74, 6) is 0. The number of primary amides is 1. The second-order valence-corrected chi connectivity index (χ2v) is 3.67. The highest BCUT2D eigenvalue weighted by molar-refractivity contribution is 7.98. The van der Waals surface area contributed by atoms with Gasteiger partial charge in [-0.2, -0.15) is 0 Å². The maximum atomic E-state index is 10.8. The molecule has 0 bridgehead atoms. The van der Waals surface area contributed by atoms with Crippen molar-refractivity contribution in [2.24, 2.45) is 5.73 Å². The summed E-state index contributed by atoms with van der Waals surface area (Å²) in [6.07, 6.45) is 1.89. The predicted molar refractivity (Wildman–Crippen MR) is 60.5 cm³/mol. The summed E-state index contributed by atoms with van der Waals surface area (Å²) in [7, 11) is 0. The van der Waals surface area contributed by atoms with Crippen LogP contribution in [0, 0.1) is 0 Å². The number of urea groups is 1. The van der Waals surface area contributed by atoms with Gasteiger partial charge in [-0.15, -0.1) is 0 Å². The first-order valence-electron chi connectivity index (χ1n) is 4.30. The minimum absolute atomic E-state index is 0.603. The van der Waals surface area contributed by atoms with Crippen molar-refractivity contribution >= 4 is 28.8 Å². The molecular formula is C9H10N4OS. The first-order valence-corrected chi connectivity index (χ1v) is 5.53. The fraction of sp³-hybridized carbons (Fsp3) is 0.111. The van der Waals surface area contributed by atoms with Gasteiger partial charge >= 0.3 is 6.03 Å². The van der Waals surface area contributed by atoms with Crippen LogP contribution in [-0.2, 0) is 0 Å². The molecule has 0 saturated carbocycles. The number of hydrogen-bond acceptors (Lipinski definition) is 3. The lowest BCUT2D eigenvalue weighted by molar-refractivity contribution is 0.256. The number of benzene rings is 1. The SMILES string of the molecule is CSc1nc2ccccc2n1NC(N)=O. The number of carbonyl (C=O) groups is 1. The van der Waals surface area contributed by atoms with Crippen LogP contribution in [0.4, 0.5) is 4.79 Å². The Labute approximate surface area is 90.6 Å². The molecule has 0 radical (unpaired) electrons. The summed E-state index contributed by atoms with van der Waals surface area (Å²) in [5.41, 5.74) is 9.27. The molecule has 0 fully saturated rings. The van der Waals surface area contributed by atoms with Gasteiger partial charge in [0.2, 0.25) is 0 Å². The zero-order valence-electron chi connectivity index (χ0n) is 8.10. The Balaban J connectivity index is 2.61. The minimum atomic E-state index is -0.603. The molecule has 1 heterocycles. The van der Waals surface area contributed by atoms with Gasteiger partial charge in [-0.1, -0.05) is 23.9 Å². The Morgan fingerprint density at radius 2 is 2.27 bits per heavy atom. The van der Waals surface area contributed by atoms with Crippen molar-refractivity contribution in [3.63, 3.8) is 0 Å². The van der Waals surface area contributed by atoms with Crippen molar-refractivity contribution in [1.29, 1.82) is 0 Å². The third-order valence-corrected chi connectivity index (χ3v) is 2.57. The van der Waals surface area contributed by atoms with E-state index in [4.69, 9.17) is 5.73 Å². The van der Waals surface area contributed by atoms with E-state index in [2.05, 4.69) is 10.4 Å². The van der Waals surface area contributed by atoms with Gasteiger partial charge in [0.15, 0.2) is 5.16 Å². The van der Waals surface area contributed by atoms with E-state index in [-0.39, 0.29) is 0 Å². The highest BCUT2D eigenvalue weighted by atomic mass is 32.2. The molecule has 0 aliphatic heterocycles. The Morgan fingerprint density at radius 3 is 2.93 bits per heavy atom. The second-order valence-electron chi connectivity index (χ2n) is 2.90. The lowest BCUT2D eigenvalue weighted by Gasteiger charge is -2.06. The van der Waals surface area contributed by atoms with Gasteiger partial charge in [-0.3, -0.25) is 0 Å². The first-order chi connectivity index (χ1) is 7.22. The van der Waals surface area contributed by atoms with Gasteiger partial charge in [0.25, 0.3) is 0 Å². The van der Waals surface area contributed by atoms with Crippen LogP contribution in [0.15, 0.2) is 29.4 Å². The quantitative estimate of drug-likeness (QED) is 0.754. The minimum Gasteiger partial charge on any atom is -0.350 e. The fourth-order valence-electron chi connectivity index (χ4n) is 1.36. The van der Waals surface area contributed by atoms with Crippen LogP contribution < -0.4 is 11.2 Å².